The summed E-state index contributed by atoms with van der Waals surface area (Å²) in [4.78, 5) is 9.58. The highest BCUT2D eigenvalue weighted by Gasteiger charge is 2.20. The molecule has 1 heterocycles. The van der Waals surface area contributed by atoms with Gasteiger partial charge in [-0.2, -0.15) is 11.8 Å². The Morgan fingerprint density at radius 2 is 1.75 bits per heavy atom. The summed E-state index contributed by atoms with van der Waals surface area (Å²) < 4.78 is 0. The highest BCUT2D eigenvalue weighted by atomic mass is 32.2. The molecule has 0 aliphatic heterocycles. The molecule has 3 nitrogen and oxygen atoms in total. The lowest BCUT2D eigenvalue weighted by Gasteiger charge is -2.14. The van der Waals surface area contributed by atoms with E-state index in [0.29, 0.717) is 0 Å². The van der Waals surface area contributed by atoms with Crippen molar-refractivity contribution in [3.63, 3.8) is 0 Å². The van der Waals surface area contributed by atoms with Crippen LogP contribution in [0.15, 0.2) is 0 Å². The summed E-state index contributed by atoms with van der Waals surface area (Å²) in [5.41, 5.74) is 3.93. The van der Waals surface area contributed by atoms with Gasteiger partial charge in [0.05, 0.1) is 5.75 Å². The van der Waals surface area contributed by atoms with Gasteiger partial charge in [-0.15, -0.1) is 0 Å². The normalized spacial score (nSPS) is 14.8. The molecule has 20 heavy (non-hydrogen) atoms. The van der Waals surface area contributed by atoms with Gasteiger partial charge in [0.15, 0.2) is 0 Å². The predicted octanol–water partition coefficient (Wildman–Crippen LogP) is 3.15. The molecule has 112 valence electrons. The van der Waals surface area contributed by atoms with E-state index in [1.165, 1.54) is 29.8 Å². The van der Waals surface area contributed by atoms with Crippen LogP contribution in [0.25, 0.3) is 0 Å². The minimum atomic E-state index is 0.784. The van der Waals surface area contributed by atoms with Gasteiger partial charge in [-0.1, -0.05) is 20.8 Å². The molecule has 0 atom stereocenters. The van der Waals surface area contributed by atoms with E-state index in [1.807, 2.05) is 11.8 Å². The molecule has 0 radical (unpaired) electrons. The monoisotopic (exact) mass is 293 g/mol. The maximum absolute atomic E-state index is 4.79. The van der Waals surface area contributed by atoms with Crippen molar-refractivity contribution in [3.8, 4) is 0 Å². The van der Waals surface area contributed by atoms with E-state index in [4.69, 9.17) is 9.97 Å². The summed E-state index contributed by atoms with van der Waals surface area (Å²) in [5.74, 6) is 3.08. The van der Waals surface area contributed by atoms with E-state index >= 15 is 0 Å². The highest BCUT2D eigenvalue weighted by molar-refractivity contribution is 7.98. The number of rotatable bonds is 9. The topological polar surface area (TPSA) is 37.8 Å². The van der Waals surface area contributed by atoms with Crippen molar-refractivity contribution in [1.29, 1.82) is 0 Å². The molecule has 1 aliphatic rings. The maximum atomic E-state index is 4.79. The Morgan fingerprint density at radius 3 is 2.25 bits per heavy atom. The molecule has 1 aromatic heterocycles. The van der Waals surface area contributed by atoms with E-state index in [0.717, 1.165) is 49.2 Å². The van der Waals surface area contributed by atoms with Crippen molar-refractivity contribution in [2.45, 2.75) is 64.7 Å². The lowest BCUT2D eigenvalue weighted by atomic mass is 10.0. The molecule has 1 aromatic rings. The molecule has 0 unspecified atom stereocenters. The van der Waals surface area contributed by atoms with Crippen molar-refractivity contribution >= 4 is 11.8 Å². The number of aryl methyl sites for hydroxylation is 2. The summed E-state index contributed by atoms with van der Waals surface area (Å²) in [5, 5.41) is 3.60. The first kappa shape index (κ1) is 15.8. The van der Waals surface area contributed by atoms with Crippen molar-refractivity contribution in [3.05, 3.63) is 22.8 Å². The summed E-state index contributed by atoms with van der Waals surface area (Å²) in [6, 6.07) is 0.784. The summed E-state index contributed by atoms with van der Waals surface area (Å²) in [6.45, 7) is 7.66. The van der Waals surface area contributed by atoms with Crippen LogP contribution in [0.1, 0.15) is 56.4 Å². The van der Waals surface area contributed by atoms with Gasteiger partial charge in [-0.25, -0.2) is 9.97 Å². The number of hydrogen-bond donors (Lipinski definition) is 1. The van der Waals surface area contributed by atoms with Gasteiger partial charge in [0.25, 0.3) is 0 Å². The molecule has 0 bridgehead atoms. The van der Waals surface area contributed by atoms with Crippen LogP contribution < -0.4 is 5.32 Å². The zero-order chi connectivity index (χ0) is 14.4. The Balaban J connectivity index is 2.09. The van der Waals surface area contributed by atoms with Gasteiger partial charge >= 0.3 is 0 Å². The molecular formula is C16H27N3S. The number of aromatic nitrogens is 2. The molecule has 0 amide bonds. The van der Waals surface area contributed by atoms with Crippen molar-refractivity contribution in [2.24, 2.45) is 0 Å². The smallest absolute Gasteiger partial charge is 0.138 e. The van der Waals surface area contributed by atoms with Crippen LogP contribution in [0.4, 0.5) is 0 Å². The van der Waals surface area contributed by atoms with Gasteiger partial charge in [0.2, 0.25) is 0 Å². The Labute approximate surface area is 127 Å². The van der Waals surface area contributed by atoms with E-state index in [2.05, 4.69) is 26.1 Å². The number of hydrogen-bond acceptors (Lipinski definition) is 4. The third kappa shape index (κ3) is 4.45. The number of nitrogens with one attached hydrogen (secondary N) is 1. The standard InChI is InChI=1S/C16H27N3S/c1-4-14-13(9-10-17-12-7-8-12)15(5-2)19-16(18-14)11-20-6-3/h12,17H,4-11H2,1-3H3. The second-order valence-electron chi connectivity index (χ2n) is 5.33. The van der Waals surface area contributed by atoms with Crippen molar-refractivity contribution < 1.29 is 0 Å². The molecule has 1 aliphatic carbocycles. The fourth-order valence-electron chi connectivity index (χ4n) is 2.46. The Morgan fingerprint density at radius 1 is 1.10 bits per heavy atom. The van der Waals surface area contributed by atoms with Crippen LogP contribution in [0, 0.1) is 0 Å². The van der Waals surface area contributed by atoms with Gasteiger partial charge in [0, 0.05) is 17.4 Å². The average molecular weight is 293 g/mol. The van der Waals surface area contributed by atoms with E-state index in [9.17, 15) is 0 Å². The largest absolute Gasteiger partial charge is 0.314 e. The molecule has 1 N–H and O–H groups in total. The third-order valence-corrected chi connectivity index (χ3v) is 4.59. The second-order valence-corrected chi connectivity index (χ2v) is 6.61. The summed E-state index contributed by atoms with van der Waals surface area (Å²) in [6.07, 6.45) is 5.80. The first-order valence-electron chi connectivity index (χ1n) is 7.97. The molecular weight excluding hydrogens is 266 g/mol. The highest BCUT2D eigenvalue weighted by Crippen LogP contribution is 2.20. The predicted molar refractivity (Wildman–Crippen MR) is 87.4 cm³/mol. The molecule has 0 aromatic carbocycles. The number of thioether (sulfide) groups is 1. The Kier molecular flexibility index (Phi) is 6.30. The molecule has 2 rings (SSSR count). The molecule has 4 heteroatoms. The van der Waals surface area contributed by atoms with Gasteiger partial charge in [0.1, 0.15) is 5.82 Å². The van der Waals surface area contributed by atoms with Gasteiger partial charge in [-0.3, -0.25) is 0 Å². The van der Waals surface area contributed by atoms with Crippen LogP contribution in [0.5, 0.6) is 0 Å². The lowest BCUT2D eigenvalue weighted by molar-refractivity contribution is 0.669. The van der Waals surface area contributed by atoms with Crippen LogP contribution in [0.3, 0.4) is 0 Å². The van der Waals surface area contributed by atoms with Gasteiger partial charge in [-0.05, 0) is 50.0 Å². The van der Waals surface area contributed by atoms with Crippen molar-refractivity contribution in [1.82, 2.24) is 15.3 Å². The maximum Gasteiger partial charge on any atom is 0.138 e. The quantitative estimate of drug-likeness (QED) is 0.759. The average Bonchev–Trinajstić information content (AvgIpc) is 3.29. The minimum Gasteiger partial charge on any atom is -0.314 e. The van der Waals surface area contributed by atoms with Crippen LogP contribution in [-0.2, 0) is 25.0 Å². The fourth-order valence-corrected chi connectivity index (χ4v) is 2.97. The van der Waals surface area contributed by atoms with E-state index in [-0.39, 0.29) is 0 Å². The zero-order valence-electron chi connectivity index (χ0n) is 13.0. The van der Waals surface area contributed by atoms with E-state index in [1.54, 1.807) is 0 Å². The van der Waals surface area contributed by atoms with Crippen LogP contribution >= 0.6 is 11.8 Å². The molecule has 0 saturated heterocycles. The SMILES string of the molecule is CCSCc1nc(CC)c(CCNC2CC2)c(CC)n1. The van der Waals surface area contributed by atoms with Crippen molar-refractivity contribution in [2.75, 3.05) is 12.3 Å². The Bertz CT molecular complexity index is 405. The second kappa shape index (κ2) is 7.99. The van der Waals surface area contributed by atoms with Gasteiger partial charge < -0.3 is 5.32 Å². The number of nitrogens with zero attached hydrogens (tertiary/aromatic N) is 2. The summed E-state index contributed by atoms with van der Waals surface area (Å²) >= 11 is 1.90. The first-order valence-corrected chi connectivity index (χ1v) is 9.12. The lowest BCUT2D eigenvalue weighted by Crippen LogP contribution is -2.21. The third-order valence-electron chi connectivity index (χ3n) is 3.72. The van der Waals surface area contributed by atoms with E-state index < -0.39 is 0 Å². The Hall–Kier alpha value is -0.610. The molecule has 0 spiro atoms. The summed E-state index contributed by atoms with van der Waals surface area (Å²) in [7, 11) is 0. The van der Waals surface area contributed by atoms with Crippen LogP contribution in [0.2, 0.25) is 0 Å². The molecule has 1 fully saturated rings. The zero-order valence-corrected chi connectivity index (χ0v) is 13.9. The minimum absolute atomic E-state index is 0.784. The van der Waals surface area contributed by atoms with Crippen LogP contribution in [-0.4, -0.2) is 28.3 Å². The first-order chi connectivity index (χ1) is 9.78. The molecule has 1 saturated carbocycles. The fraction of sp³-hybridized carbons (Fsp3) is 0.750.